The maximum absolute atomic E-state index is 12.3. The Kier molecular flexibility index (Phi) is 3.65. The number of nitrogens with zero attached hydrogens (tertiary/aromatic N) is 4. The zero-order chi connectivity index (χ0) is 13.2. The molecular weight excluding hydrogens is 232 g/mol. The molecule has 1 unspecified atom stereocenters. The van der Waals surface area contributed by atoms with Gasteiger partial charge in [-0.15, -0.1) is 0 Å². The number of aromatic nitrogens is 3. The Hall–Kier alpha value is -1.43. The highest BCUT2D eigenvalue weighted by Crippen LogP contribution is 2.41. The van der Waals surface area contributed by atoms with E-state index in [0.29, 0.717) is 13.2 Å². The molecule has 1 amide bonds. The molecule has 1 aromatic rings. The average Bonchev–Trinajstić information content (AvgIpc) is 2.96. The van der Waals surface area contributed by atoms with Gasteiger partial charge in [-0.25, -0.2) is 4.98 Å². The molecular formula is C12H20N4O2. The first-order chi connectivity index (χ1) is 8.59. The lowest BCUT2D eigenvalue weighted by Crippen LogP contribution is -2.45. The first-order valence-electron chi connectivity index (χ1n) is 6.18. The van der Waals surface area contributed by atoms with E-state index in [9.17, 15) is 4.79 Å². The molecule has 0 aromatic carbocycles. The number of carbonyl (C=O) groups excluding carboxylic acids is 1. The predicted octanol–water partition coefficient (Wildman–Crippen LogP) is 0.552. The Bertz CT molecular complexity index is 400. The highest BCUT2D eigenvalue weighted by molar-refractivity contribution is 5.79. The van der Waals surface area contributed by atoms with Crippen LogP contribution >= 0.6 is 0 Å². The number of ether oxygens (including phenoxy) is 1. The quantitative estimate of drug-likeness (QED) is 0.742. The van der Waals surface area contributed by atoms with Gasteiger partial charge in [0.2, 0.25) is 5.91 Å². The van der Waals surface area contributed by atoms with Gasteiger partial charge in [-0.05, 0) is 12.8 Å². The third-order valence-corrected chi connectivity index (χ3v) is 3.63. The molecule has 0 N–H and O–H groups in total. The van der Waals surface area contributed by atoms with Gasteiger partial charge >= 0.3 is 0 Å². The SMILES string of the molecule is COCC1(N(C)C(=O)C(C)Cn2cncn2)CC1. The molecule has 1 aliphatic rings. The lowest BCUT2D eigenvalue weighted by Gasteiger charge is -2.30. The summed E-state index contributed by atoms with van der Waals surface area (Å²) in [7, 11) is 3.55. The third-order valence-electron chi connectivity index (χ3n) is 3.63. The van der Waals surface area contributed by atoms with Crippen LogP contribution in [-0.2, 0) is 16.1 Å². The molecule has 1 atom stereocenters. The normalized spacial score (nSPS) is 18.4. The molecule has 0 bridgehead atoms. The van der Waals surface area contributed by atoms with E-state index in [0.717, 1.165) is 12.8 Å². The molecule has 1 fully saturated rings. The topological polar surface area (TPSA) is 60.2 Å². The molecule has 1 saturated carbocycles. The fourth-order valence-corrected chi connectivity index (χ4v) is 2.24. The van der Waals surface area contributed by atoms with Gasteiger partial charge in [-0.2, -0.15) is 5.10 Å². The molecule has 2 rings (SSSR count). The largest absolute Gasteiger partial charge is 0.382 e. The van der Waals surface area contributed by atoms with Crippen molar-refractivity contribution >= 4 is 5.91 Å². The van der Waals surface area contributed by atoms with Gasteiger partial charge in [0.25, 0.3) is 0 Å². The van der Waals surface area contributed by atoms with E-state index in [2.05, 4.69) is 10.1 Å². The minimum Gasteiger partial charge on any atom is -0.382 e. The Morgan fingerprint density at radius 2 is 2.33 bits per heavy atom. The lowest BCUT2D eigenvalue weighted by molar-refractivity contribution is -0.138. The number of methoxy groups -OCH3 is 1. The molecule has 0 saturated heterocycles. The fraction of sp³-hybridized carbons (Fsp3) is 0.750. The number of hydrogen-bond acceptors (Lipinski definition) is 4. The van der Waals surface area contributed by atoms with E-state index < -0.39 is 0 Å². The van der Waals surface area contributed by atoms with Crippen LogP contribution in [0.5, 0.6) is 0 Å². The smallest absolute Gasteiger partial charge is 0.227 e. The average molecular weight is 252 g/mol. The Morgan fingerprint density at radius 3 is 2.83 bits per heavy atom. The monoisotopic (exact) mass is 252 g/mol. The van der Waals surface area contributed by atoms with Crippen LogP contribution in [0.2, 0.25) is 0 Å². The lowest BCUT2D eigenvalue weighted by atomic mass is 10.1. The van der Waals surface area contributed by atoms with Crippen molar-refractivity contribution in [1.82, 2.24) is 19.7 Å². The van der Waals surface area contributed by atoms with Gasteiger partial charge in [-0.1, -0.05) is 6.92 Å². The summed E-state index contributed by atoms with van der Waals surface area (Å²) in [6.07, 6.45) is 5.16. The van der Waals surface area contributed by atoms with E-state index >= 15 is 0 Å². The summed E-state index contributed by atoms with van der Waals surface area (Å²) in [5, 5.41) is 4.02. The molecule has 0 aliphatic heterocycles. The first-order valence-corrected chi connectivity index (χ1v) is 6.18. The van der Waals surface area contributed by atoms with Crippen molar-refractivity contribution in [3.05, 3.63) is 12.7 Å². The third kappa shape index (κ3) is 2.53. The molecule has 1 heterocycles. The van der Waals surface area contributed by atoms with Gasteiger partial charge < -0.3 is 9.64 Å². The van der Waals surface area contributed by atoms with Crippen molar-refractivity contribution in [3.8, 4) is 0 Å². The van der Waals surface area contributed by atoms with Crippen LogP contribution in [0.1, 0.15) is 19.8 Å². The number of carbonyl (C=O) groups is 1. The van der Waals surface area contributed by atoms with Crippen LogP contribution in [0.3, 0.4) is 0 Å². The Labute approximate surface area is 107 Å². The summed E-state index contributed by atoms with van der Waals surface area (Å²) in [6, 6.07) is 0. The molecule has 1 aromatic heterocycles. The maximum atomic E-state index is 12.3. The van der Waals surface area contributed by atoms with Crippen molar-refractivity contribution in [2.45, 2.75) is 31.8 Å². The number of likely N-dealkylation sites (N-methyl/N-ethyl adjacent to an activating group) is 1. The van der Waals surface area contributed by atoms with E-state index in [-0.39, 0.29) is 17.4 Å². The molecule has 1 aliphatic carbocycles. The summed E-state index contributed by atoms with van der Waals surface area (Å²) >= 11 is 0. The first kappa shape index (κ1) is 13.0. The van der Waals surface area contributed by atoms with Crippen LogP contribution in [0.15, 0.2) is 12.7 Å². The standard InChI is InChI=1S/C12H20N4O2/c1-10(6-16-9-13-8-14-16)11(17)15(2)12(4-5-12)7-18-3/h8-10H,4-7H2,1-3H3. The zero-order valence-corrected chi connectivity index (χ0v) is 11.2. The minimum absolute atomic E-state index is 0.0670. The Morgan fingerprint density at radius 1 is 1.61 bits per heavy atom. The summed E-state index contributed by atoms with van der Waals surface area (Å²) in [6.45, 7) is 3.10. The maximum Gasteiger partial charge on any atom is 0.227 e. The number of amides is 1. The van der Waals surface area contributed by atoms with E-state index in [4.69, 9.17) is 4.74 Å². The van der Waals surface area contributed by atoms with Crippen LogP contribution in [0.25, 0.3) is 0 Å². The predicted molar refractivity (Wildman–Crippen MR) is 65.8 cm³/mol. The van der Waals surface area contributed by atoms with E-state index in [1.54, 1.807) is 18.1 Å². The Balaban J connectivity index is 1.94. The van der Waals surface area contributed by atoms with Gasteiger partial charge in [0.05, 0.1) is 24.6 Å². The molecule has 6 heteroatoms. The van der Waals surface area contributed by atoms with Crippen molar-refractivity contribution in [1.29, 1.82) is 0 Å². The van der Waals surface area contributed by atoms with E-state index in [1.807, 2.05) is 18.9 Å². The van der Waals surface area contributed by atoms with Gasteiger partial charge in [-0.3, -0.25) is 9.48 Å². The second-order valence-corrected chi connectivity index (χ2v) is 5.07. The van der Waals surface area contributed by atoms with Gasteiger partial charge in [0.1, 0.15) is 12.7 Å². The number of hydrogen-bond donors (Lipinski definition) is 0. The fourth-order valence-electron chi connectivity index (χ4n) is 2.24. The summed E-state index contributed by atoms with van der Waals surface area (Å²) in [4.78, 5) is 18.1. The van der Waals surface area contributed by atoms with Crippen LogP contribution < -0.4 is 0 Å². The summed E-state index contributed by atoms with van der Waals surface area (Å²) < 4.78 is 6.89. The van der Waals surface area contributed by atoms with Crippen molar-refractivity contribution < 1.29 is 9.53 Å². The molecule has 0 spiro atoms. The zero-order valence-electron chi connectivity index (χ0n) is 11.2. The van der Waals surface area contributed by atoms with Crippen molar-refractivity contribution in [3.63, 3.8) is 0 Å². The highest BCUT2D eigenvalue weighted by Gasteiger charge is 2.49. The summed E-state index contributed by atoms with van der Waals surface area (Å²) in [5.74, 6) is 0.0334. The van der Waals surface area contributed by atoms with Crippen molar-refractivity contribution in [2.24, 2.45) is 5.92 Å². The van der Waals surface area contributed by atoms with E-state index in [1.165, 1.54) is 6.33 Å². The molecule has 18 heavy (non-hydrogen) atoms. The second kappa shape index (κ2) is 5.06. The highest BCUT2D eigenvalue weighted by atomic mass is 16.5. The number of rotatable bonds is 6. The summed E-state index contributed by atoms with van der Waals surface area (Å²) in [5.41, 5.74) is -0.0670. The molecule has 100 valence electrons. The molecule has 6 nitrogen and oxygen atoms in total. The van der Waals surface area contributed by atoms with Crippen LogP contribution in [0.4, 0.5) is 0 Å². The minimum atomic E-state index is -0.106. The van der Waals surface area contributed by atoms with Gasteiger partial charge in [0.15, 0.2) is 0 Å². The second-order valence-electron chi connectivity index (χ2n) is 5.07. The van der Waals surface area contributed by atoms with Crippen LogP contribution in [-0.4, -0.2) is 51.9 Å². The van der Waals surface area contributed by atoms with Gasteiger partial charge in [0, 0.05) is 14.2 Å². The molecule has 0 radical (unpaired) electrons. The van der Waals surface area contributed by atoms with Crippen LogP contribution in [0, 0.1) is 5.92 Å². The van der Waals surface area contributed by atoms with Crippen molar-refractivity contribution in [2.75, 3.05) is 20.8 Å².